The second-order valence-electron chi connectivity index (χ2n) is 4.80. The minimum atomic E-state index is 0. The number of rotatable bonds is 8. The maximum Gasteiger partial charge on any atom is 0.222 e. The average molecular weight is 317 g/mol. The van der Waals surface area contributed by atoms with E-state index in [0.29, 0.717) is 19.6 Å². The van der Waals surface area contributed by atoms with E-state index in [0.717, 1.165) is 17.1 Å². The van der Waals surface area contributed by atoms with E-state index in [-0.39, 0.29) is 24.2 Å². The standard InChI is InChI=1S/C15H24N2O3.ClH/c1-11(2)15(18)17-8-7-16-10-12-9-13(19-3)5-6-14(12)20-4;/h5-6,9,11,16H,7-8,10H2,1-4H3,(H,17,18);1H. The average Bonchev–Trinajstić information content (AvgIpc) is 2.46. The lowest BCUT2D eigenvalue weighted by molar-refractivity contribution is -0.123. The molecule has 0 atom stereocenters. The van der Waals surface area contributed by atoms with Gasteiger partial charge in [-0.05, 0) is 18.2 Å². The maximum absolute atomic E-state index is 11.4. The predicted octanol–water partition coefficient (Wildman–Crippen LogP) is 1.99. The van der Waals surface area contributed by atoms with Gasteiger partial charge in [0.1, 0.15) is 11.5 Å². The van der Waals surface area contributed by atoms with E-state index < -0.39 is 0 Å². The SMILES string of the molecule is COc1ccc(OC)c(CNCCNC(=O)C(C)C)c1.Cl. The fourth-order valence-corrected chi connectivity index (χ4v) is 1.72. The Balaban J connectivity index is 0.00000400. The molecule has 21 heavy (non-hydrogen) atoms. The van der Waals surface area contributed by atoms with Gasteiger partial charge >= 0.3 is 0 Å². The Morgan fingerprint density at radius 2 is 1.90 bits per heavy atom. The molecule has 0 spiro atoms. The van der Waals surface area contributed by atoms with Gasteiger partial charge in [0.05, 0.1) is 14.2 Å². The lowest BCUT2D eigenvalue weighted by Gasteiger charge is -2.12. The first-order valence-electron chi connectivity index (χ1n) is 6.77. The van der Waals surface area contributed by atoms with Crippen LogP contribution in [0.25, 0.3) is 0 Å². The first kappa shape index (κ1) is 19.5. The van der Waals surface area contributed by atoms with Crippen molar-refractivity contribution in [3.05, 3.63) is 23.8 Å². The molecule has 0 bridgehead atoms. The van der Waals surface area contributed by atoms with Gasteiger partial charge in [-0.3, -0.25) is 4.79 Å². The number of carbonyl (C=O) groups excluding carboxylic acids is 1. The number of amides is 1. The Hall–Kier alpha value is -1.46. The summed E-state index contributed by atoms with van der Waals surface area (Å²) in [6.07, 6.45) is 0. The second-order valence-corrected chi connectivity index (χ2v) is 4.80. The van der Waals surface area contributed by atoms with Crippen molar-refractivity contribution in [2.75, 3.05) is 27.3 Å². The van der Waals surface area contributed by atoms with Gasteiger partial charge in [-0.15, -0.1) is 12.4 Å². The van der Waals surface area contributed by atoms with E-state index in [2.05, 4.69) is 10.6 Å². The predicted molar refractivity (Wildman–Crippen MR) is 86.3 cm³/mol. The summed E-state index contributed by atoms with van der Waals surface area (Å²) in [4.78, 5) is 11.4. The number of carbonyl (C=O) groups is 1. The van der Waals surface area contributed by atoms with Gasteiger partial charge in [0.2, 0.25) is 5.91 Å². The normalized spacial score (nSPS) is 9.95. The van der Waals surface area contributed by atoms with Crippen LogP contribution in [0, 0.1) is 5.92 Å². The van der Waals surface area contributed by atoms with Crippen molar-refractivity contribution in [2.45, 2.75) is 20.4 Å². The summed E-state index contributed by atoms with van der Waals surface area (Å²) in [5, 5.41) is 6.13. The zero-order valence-corrected chi connectivity index (χ0v) is 13.9. The minimum absolute atomic E-state index is 0. The van der Waals surface area contributed by atoms with Gasteiger partial charge in [-0.25, -0.2) is 0 Å². The molecule has 6 heteroatoms. The lowest BCUT2D eigenvalue weighted by atomic mass is 10.2. The molecule has 1 amide bonds. The molecular formula is C15H25ClN2O3. The zero-order valence-electron chi connectivity index (χ0n) is 13.1. The summed E-state index contributed by atoms with van der Waals surface area (Å²) in [6, 6.07) is 5.69. The third-order valence-corrected chi connectivity index (χ3v) is 2.93. The highest BCUT2D eigenvalue weighted by Crippen LogP contribution is 2.23. The molecule has 0 unspecified atom stereocenters. The molecule has 0 aliphatic heterocycles. The largest absolute Gasteiger partial charge is 0.497 e. The van der Waals surface area contributed by atoms with Gasteiger partial charge in [0.25, 0.3) is 0 Å². The minimum Gasteiger partial charge on any atom is -0.497 e. The number of methoxy groups -OCH3 is 2. The summed E-state index contributed by atoms with van der Waals surface area (Å²) < 4.78 is 10.5. The van der Waals surface area contributed by atoms with Crippen molar-refractivity contribution in [3.8, 4) is 11.5 Å². The number of hydrogen-bond donors (Lipinski definition) is 2. The molecule has 1 aromatic rings. The molecule has 0 aliphatic rings. The smallest absolute Gasteiger partial charge is 0.222 e. The van der Waals surface area contributed by atoms with Crippen LogP contribution in [0.2, 0.25) is 0 Å². The van der Waals surface area contributed by atoms with Crippen LogP contribution in [0.5, 0.6) is 11.5 Å². The van der Waals surface area contributed by atoms with Crippen molar-refractivity contribution < 1.29 is 14.3 Å². The van der Waals surface area contributed by atoms with Crippen molar-refractivity contribution >= 4 is 18.3 Å². The van der Waals surface area contributed by atoms with E-state index in [1.165, 1.54) is 0 Å². The third-order valence-electron chi connectivity index (χ3n) is 2.93. The van der Waals surface area contributed by atoms with Crippen LogP contribution in [0.15, 0.2) is 18.2 Å². The quantitative estimate of drug-likeness (QED) is 0.720. The summed E-state index contributed by atoms with van der Waals surface area (Å²) in [5.41, 5.74) is 1.03. The van der Waals surface area contributed by atoms with Crippen LogP contribution < -0.4 is 20.1 Å². The van der Waals surface area contributed by atoms with Gasteiger partial charge in [0, 0.05) is 31.1 Å². The first-order chi connectivity index (χ1) is 9.58. The molecule has 5 nitrogen and oxygen atoms in total. The van der Waals surface area contributed by atoms with Crippen LogP contribution in [0.1, 0.15) is 19.4 Å². The molecule has 0 aliphatic carbocycles. The highest BCUT2D eigenvalue weighted by Gasteiger charge is 2.06. The van der Waals surface area contributed by atoms with Crippen LogP contribution >= 0.6 is 12.4 Å². The van der Waals surface area contributed by atoms with E-state index in [1.54, 1.807) is 14.2 Å². The third kappa shape index (κ3) is 6.69. The van der Waals surface area contributed by atoms with Crippen LogP contribution in [0.4, 0.5) is 0 Å². The Morgan fingerprint density at radius 1 is 1.19 bits per heavy atom. The maximum atomic E-state index is 11.4. The monoisotopic (exact) mass is 316 g/mol. The molecule has 1 rings (SSSR count). The van der Waals surface area contributed by atoms with Crippen molar-refractivity contribution in [1.82, 2.24) is 10.6 Å². The molecule has 0 radical (unpaired) electrons. The lowest BCUT2D eigenvalue weighted by Crippen LogP contribution is -2.34. The summed E-state index contributed by atoms with van der Waals surface area (Å²) in [6.45, 7) is 5.74. The number of benzene rings is 1. The van der Waals surface area contributed by atoms with Crippen molar-refractivity contribution in [1.29, 1.82) is 0 Å². The van der Waals surface area contributed by atoms with E-state index in [9.17, 15) is 4.79 Å². The molecule has 1 aromatic carbocycles. The van der Waals surface area contributed by atoms with Crippen LogP contribution in [0.3, 0.4) is 0 Å². The first-order valence-corrected chi connectivity index (χ1v) is 6.77. The Kier molecular flexibility index (Phi) is 9.58. The number of nitrogens with one attached hydrogen (secondary N) is 2. The number of halogens is 1. The van der Waals surface area contributed by atoms with Gasteiger partial charge in [-0.1, -0.05) is 13.8 Å². The summed E-state index contributed by atoms with van der Waals surface area (Å²) in [7, 11) is 3.29. The Morgan fingerprint density at radius 3 is 2.48 bits per heavy atom. The molecule has 120 valence electrons. The van der Waals surface area contributed by atoms with E-state index in [4.69, 9.17) is 9.47 Å². The molecule has 0 aromatic heterocycles. The Bertz CT molecular complexity index is 439. The fraction of sp³-hybridized carbons (Fsp3) is 0.533. The van der Waals surface area contributed by atoms with Crippen LogP contribution in [-0.2, 0) is 11.3 Å². The highest BCUT2D eigenvalue weighted by molar-refractivity contribution is 5.85. The second kappa shape index (κ2) is 10.3. The molecule has 2 N–H and O–H groups in total. The van der Waals surface area contributed by atoms with Gasteiger partial charge in [0.15, 0.2) is 0 Å². The van der Waals surface area contributed by atoms with Gasteiger partial charge in [-0.2, -0.15) is 0 Å². The number of ether oxygens (including phenoxy) is 2. The van der Waals surface area contributed by atoms with E-state index in [1.807, 2.05) is 32.0 Å². The fourth-order valence-electron chi connectivity index (χ4n) is 1.72. The summed E-state index contributed by atoms with van der Waals surface area (Å²) >= 11 is 0. The molecule has 0 fully saturated rings. The molecular weight excluding hydrogens is 292 g/mol. The number of hydrogen-bond acceptors (Lipinski definition) is 4. The zero-order chi connectivity index (χ0) is 15.0. The molecule has 0 saturated heterocycles. The van der Waals surface area contributed by atoms with Gasteiger partial charge < -0.3 is 20.1 Å². The van der Waals surface area contributed by atoms with Crippen molar-refractivity contribution in [2.24, 2.45) is 5.92 Å². The molecule has 0 saturated carbocycles. The highest BCUT2D eigenvalue weighted by atomic mass is 35.5. The Labute approximate surface area is 132 Å². The van der Waals surface area contributed by atoms with Crippen LogP contribution in [-0.4, -0.2) is 33.2 Å². The molecule has 0 heterocycles. The van der Waals surface area contributed by atoms with E-state index >= 15 is 0 Å². The van der Waals surface area contributed by atoms with Crippen molar-refractivity contribution in [3.63, 3.8) is 0 Å². The summed E-state index contributed by atoms with van der Waals surface area (Å²) in [5.74, 6) is 1.72. The topological polar surface area (TPSA) is 59.6 Å².